The van der Waals surface area contributed by atoms with Crippen molar-refractivity contribution in [3.8, 4) is 0 Å². The van der Waals surface area contributed by atoms with Crippen LogP contribution in [0.4, 0.5) is 0 Å². The molecule has 0 bridgehead atoms. The molecule has 10 heteroatoms. The van der Waals surface area contributed by atoms with Crippen LogP contribution in [0.15, 0.2) is 88.2 Å². The number of hydrogen-bond acceptors (Lipinski definition) is 5. The van der Waals surface area contributed by atoms with Crippen LogP contribution in [0.5, 0.6) is 0 Å². The molecular weight excluding hydrogens is 594 g/mol. The van der Waals surface area contributed by atoms with Crippen LogP contribution in [-0.2, 0) is 32.6 Å². The Balaban J connectivity index is 1.63. The molecule has 0 saturated heterocycles. The van der Waals surface area contributed by atoms with Crippen molar-refractivity contribution in [3.63, 3.8) is 0 Å². The highest BCUT2D eigenvalue weighted by Gasteiger charge is 2.41. The van der Waals surface area contributed by atoms with E-state index in [0.717, 1.165) is 19.9 Å². The van der Waals surface area contributed by atoms with Gasteiger partial charge in [-0.05, 0) is 41.3 Å². The minimum Gasteiger partial charge on any atom is -0.354 e. The number of nitrogens with one attached hydrogen (secondary N) is 1. The van der Waals surface area contributed by atoms with Crippen molar-refractivity contribution in [1.82, 2.24) is 14.5 Å². The number of halogens is 1. The lowest BCUT2D eigenvalue weighted by Gasteiger charge is -2.32. The Labute approximate surface area is 243 Å². The molecule has 1 N–H and O–H groups in total. The average Bonchev–Trinajstić information content (AvgIpc) is 3.14. The van der Waals surface area contributed by atoms with Gasteiger partial charge in [-0.2, -0.15) is 0 Å². The van der Waals surface area contributed by atoms with Crippen LogP contribution in [0.25, 0.3) is 0 Å². The lowest BCUT2D eigenvalue weighted by atomic mass is 10.0. The molecule has 0 unspecified atom stereocenters. The monoisotopic (exact) mass is 625 g/mol. The summed E-state index contributed by atoms with van der Waals surface area (Å²) in [6, 6.07) is 22.0. The fraction of sp³-hybridized carbons (Fsp3) is 0.300. The minimum absolute atomic E-state index is 0.0609. The molecule has 40 heavy (non-hydrogen) atoms. The highest BCUT2D eigenvalue weighted by molar-refractivity contribution is 9.10. The van der Waals surface area contributed by atoms with Crippen molar-refractivity contribution < 1.29 is 22.8 Å². The van der Waals surface area contributed by atoms with E-state index in [9.17, 15) is 22.8 Å². The molecular formula is C30H32BrN3O5S. The van der Waals surface area contributed by atoms with E-state index in [1.807, 2.05) is 68.4 Å². The summed E-state index contributed by atoms with van der Waals surface area (Å²) in [7, 11) is -4.06. The molecule has 3 aromatic rings. The molecule has 3 aromatic carbocycles. The summed E-state index contributed by atoms with van der Waals surface area (Å²) >= 11 is 3.42. The highest BCUT2D eigenvalue weighted by atomic mass is 79.9. The maximum atomic E-state index is 13.8. The molecule has 4 rings (SSSR count). The molecule has 210 valence electrons. The predicted octanol–water partition coefficient (Wildman–Crippen LogP) is 4.40. The fourth-order valence-electron chi connectivity index (χ4n) is 4.56. The van der Waals surface area contributed by atoms with Gasteiger partial charge >= 0.3 is 0 Å². The Morgan fingerprint density at radius 2 is 1.57 bits per heavy atom. The molecule has 0 aromatic heterocycles. The first kappa shape index (κ1) is 29.5. The molecule has 0 radical (unpaired) electrons. The smallest absolute Gasteiger partial charge is 0.269 e. The largest absolute Gasteiger partial charge is 0.354 e. The number of rotatable bonds is 11. The van der Waals surface area contributed by atoms with Crippen LogP contribution in [0.1, 0.15) is 41.8 Å². The second-order valence-electron chi connectivity index (χ2n) is 10.1. The molecule has 1 heterocycles. The van der Waals surface area contributed by atoms with Crippen LogP contribution in [-0.4, -0.2) is 54.5 Å². The molecule has 3 amide bonds. The van der Waals surface area contributed by atoms with Crippen molar-refractivity contribution in [2.24, 2.45) is 5.92 Å². The minimum atomic E-state index is -4.06. The summed E-state index contributed by atoms with van der Waals surface area (Å²) in [4.78, 5) is 41.7. The molecule has 1 atom stereocenters. The van der Waals surface area contributed by atoms with E-state index in [1.54, 1.807) is 12.1 Å². The lowest BCUT2D eigenvalue weighted by Crippen LogP contribution is -2.51. The van der Waals surface area contributed by atoms with Gasteiger partial charge in [0.2, 0.25) is 11.8 Å². The van der Waals surface area contributed by atoms with Crippen LogP contribution in [0.3, 0.4) is 0 Å². The van der Waals surface area contributed by atoms with Crippen LogP contribution in [0.2, 0.25) is 0 Å². The Bertz CT molecular complexity index is 1480. The van der Waals surface area contributed by atoms with E-state index in [0.29, 0.717) is 6.54 Å². The number of benzene rings is 3. The van der Waals surface area contributed by atoms with E-state index in [2.05, 4.69) is 21.2 Å². The van der Waals surface area contributed by atoms with Gasteiger partial charge in [-0.3, -0.25) is 14.4 Å². The normalized spacial score (nSPS) is 14.6. The standard InChI is InChI=1S/C30H32BrN3O5S/c1-21(2)19-32-29(36)26(18-22-8-4-3-5-9-22)33(20-23-12-14-24(31)15-13-23)28(35)16-17-34-30(37)25-10-6-7-11-27(25)40(34,38)39/h3-15,21,26H,16-20H2,1-2H3,(H,32,36)/t26-/m0/s1. The second kappa shape index (κ2) is 12.8. The number of amides is 3. The summed E-state index contributed by atoms with van der Waals surface area (Å²) in [5, 5.41) is 2.96. The van der Waals surface area contributed by atoms with Gasteiger partial charge in [-0.15, -0.1) is 0 Å². The molecule has 0 saturated carbocycles. The Hall–Kier alpha value is -3.50. The first-order chi connectivity index (χ1) is 19.1. The van der Waals surface area contributed by atoms with Crippen molar-refractivity contribution in [1.29, 1.82) is 0 Å². The van der Waals surface area contributed by atoms with Crippen LogP contribution >= 0.6 is 15.9 Å². The predicted molar refractivity (Wildman–Crippen MR) is 156 cm³/mol. The van der Waals surface area contributed by atoms with Gasteiger partial charge in [0, 0.05) is 36.9 Å². The first-order valence-corrected chi connectivity index (χ1v) is 15.3. The molecule has 0 aliphatic carbocycles. The van der Waals surface area contributed by atoms with Gasteiger partial charge in [-0.25, -0.2) is 12.7 Å². The molecule has 8 nitrogen and oxygen atoms in total. The number of nitrogens with zero attached hydrogens (tertiary/aromatic N) is 2. The third-order valence-corrected chi connectivity index (χ3v) is 9.03. The van der Waals surface area contributed by atoms with E-state index >= 15 is 0 Å². The first-order valence-electron chi connectivity index (χ1n) is 13.1. The maximum Gasteiger partial charge on any atom is 0.269 e. The van der Waals surface area contributed by atoms with Crippen molar-refractivity contribution in [2.45, 2.75) is 44.2 Å². The third-order valence-electron chi connectivity index (χ3n) is 6.66. The summed E-state index contributed by atoms with van der Waals surface area (Å²) in [6.45, 7) is 4.24. The SMILES string of the molecule is CC(C)CNC(=O)[C@H](Cc1ccccc1)N(Cc1ccc(Br)cc1)C(=O)CCN1C(=O)c2ccccc2S1(=O)=O. The van der Waals surface area contributed by atoms with Gasteiger partial charge in [0.1, 0.15) is 10.9 Å². The zero-order chi connectivity index (χ0) is 28.9. The van der Waals surface area contributed by atoms with E-state index in [1.165, 1.54) is 17.0 Å². The van der Waals surface area contributed by atoms with Crippen LogP contribution in [0, 0.1) is 5.92 Å². The van der Waals surface area contributed by atoms with Crippen molar-refractivity contribution in [3.05, 3.63) is 100 Å². The zero-order valence-corrected chi connectivity index (χ0v) is 24.8. The Morgan fingerprint density at radius 1 is 0.925 bits per heavy atom. The number of sulfonamides is 1. The lowest BCUT2D eigenvalue weighted by molar-refractivity contribution is -0.141. The van der Waals surface area contributed by atoms with E-state index in [4.69, 9.17) is 0 Å². The number of carbonyl (C=O) groups excluding carboxylic acids is 3. The van der Waals surface area contributed by atoms with E-state index < -0.39 is 27.9 Å². The summed E-state index contributed by atoms with van der Waals surface area (Å²) < 4.78 is 27.7. The maximum absolute atomic E-state index is 13.8. The van der Waals surface area contributed by atoms with Crippen molar-refractivity contribution >= 4 is 43.7 Å². The number of hydrogen-bond donors (Lipinski definition) is 1. The highest BCUT2D eigenvalue weighted by Crippen LogP contribution is 2.30. The van der Waals surface area contributed by atoms with Gasteiger partial charge in [0.05, 0.1) is 5.56 Å². The quantitative estimate of drug-likeness (QED) is 0.340. The van der Waals surface area contributed by atoms with Gasteiger partial charge < -0.3 is 10.2 Å². The Kier molecular flexibility index (Phi) is 9.42. The second-order valence-corrected chi connectivity index (χ2v) is 12.9. The number of carbonyl (C=O) groups is 3. The summed E-state index contributed by atoms with van der Waals surface area (Å²) in [5.74, 6) is -1.16. The molecule has 1 aliphatic rings. The summed E-state index contributed by atoms with van der Waals surface area (Å²) in [6.07, 6.45) is 0.0116. The fourth-order valence-corrected chi connectivity index (χ4v) is 6.39. The third kappa shape index (κ3) is 6.79. The van der Waals surface area contributed by atoms with E-state index in [-0.39, 0.29) is 48.2 Å². The zero-order valence-electron chi connectivity index (χ0n) is 22.4. The van der Waals surface area contributed by atoms with Crippen molar-refractivity contribution in [2.75, 3.05) is 13.1 Å². The number of fused-ring (bicyclic) bond motifs is 1. The van der Waals surface area contributed by atoms with Gasteiger partial charge in [0.25, 0.3) is 15.9 Å². The molecule has 1 aliphatic heterocycles. The van der Waals surface area contributed by atoms with Gasteiger partial charge in [0.15, 0.2) is 0 Å². The topological polar surface area (TPSA) is 104 Å². The van der Waals surface area contributed by atoms with Gasteiger partial charge in [-0.1, -0.05) is 84.4 Å². The molecule has 0 spiro atoms. The van der Waals surface area contributed by atoms with Crippen LogP contribution < -0.4 is 5.32 Å². The molecule has 0 fully saturated rings. The average molecular weight is 627 g/mol. The summed E-state index contributed by atoms with van der Waals surface area (Å²) in [5.41, 5.74) is 1.79. The Morgan fingerprint density at radius 3 is 2.23 bits per heavy atom.